The topological polar surface area (TPSA) is 58.2 Å². The van der Waals surface area contributed by atoms with Crippen LogP contribution in [-0.2, 0) is 9.59 Å². The molecule has 0 aliphatic carbocycles. The maximum absolute atomic E-state index is 12.2. The van der Waals surface area contributed by atoms with Gasteiger partial charge in [0.1, 0.15) is 0 Å². The van der Waals surface area contributed by atoms with Crippen LogP contribution in [0.2, 0.25) is 10.0 Å². The maximum Gasteiger partial charge on any atom is 0.314 e. The van der Waals surface area contributed by atoms with E-state index in [1.165, 1.54) is 0 Å². The van der Waals surface area contributed by atoms with Crippen molar-refractivity contribution in [2.24, 2.45) is 0 Å². The van der Waals surface area contributed by atoms with E-state index in [1.54, 1.807) is 24.3 Å². The van der Waals surface area contributed by atoms with Gasteiger partial charge in [-0.25, -0.2) is 0 Å². The van der Waals surface area contributed by atoms with Crippen molar-refractivity contribution in [2.75, 3.05) is 10.6 Å². The normalized spacial score (nSPS) is 11.7. The summed E-state index contributed by atoms with van der Waals surface area (Å²) in [5, 5.41) is 5.62. The molecule has 126 valence electrons. The molecule has 1 atom stereocenters. The molecule has 0 aliphatic heterocycles. The van der Waals surface area contributed by atoms with E-state index in [0.717, 1.165) is 12.0 Å². The summed E-state index contributed by atoms with van der Waals surface area (Å²) in [5.41, 5.74) is 1.91. The van der Waals surface area contributed by atoms with E-state index in [-0.39, 0.29) is 10.9 Å². The van der Waals surface area contributed by atoms with Crippen LogP contribution in [0.1, 0.15) is 31.7 Å². The fourth-order valence-electron chi connectivity index (χ4n) is 2.22. The molecule has 0 heterocycles. The number of halogens is 2. The summed E-state index contributed by atoms with van der Waals surface area (Å²) < 4.78 is 0. The Hall–Kier alpha value is -2.04. The highest BCUT2D eigenvalue weighted by Gasteiger charge is 2.18. The Bertz CT molecular complexity index is 762. The van der Waals surface area contributed by atoms with Crippen LogP contribution in [0.15, 0.2) is 42.5 Å². The fourth-order valence-corrected chi connectivity index (χ4v) is 2.57. The molecule has 0 fully saturated rings. The number of amides is 2. The second kappa shape index (κ2) is 8.18. The van der Waals surface area contributed by atoms with Crippen molar-refractivity contribution in [1.82, 2.24) is 0 Å². The van der Waals surface area contributed by atoms with Crippen LogP contribution >= 0.6 is 23.2 Å². The third kappa shape index (κ3) is 4.28. The lowest BCUT2D eigenvalue weighted by molar-refractivity contribution is -0.133. The molecule has 2 aromatic carbocycles. The molecule has 2 amide bonds. The Morgan fingerprint density at radius 3 is 2.21 bits per heavy atom. The van der Waals surface area contributed by atoms with Crippen molar-refractivity contribution in [1.29, 1.82) is 0 Å². The van der Waals surface area contributed by atoms with Crippen molar-refractivity contribution in [3.05, 3.63) is 58.1 Å². The first-order valence-electron chi connectivity index (χ1n) is 7.59. The first-order chi connectivity index (χ1) is 11.4. The van der Waals surface area contributed by atoms with E-state index < -0.39 is 11.8 Å². The predicted molar refractivity (Wildman–Crippen MR) is 98.9 cm³/mol. The van der Waals surface area contributed by atoms with Crippen molar-refractivity contribution in [3.63, 3.8) is 0 Å². The monoisotopic (exact) mass is 364 g/mol. The van der Waals surface area contributed by atoms with Crippen LogP contribution in [0, 0.1) is 0 Å². The SMILES string of the molecule is CCC(C)c1ccccc1NC(=O)C(=O)Nc1cccc(Cl)c1Cl. The first kappa shape index (κ1) is 18.3. The van der Waals surface area contributed by atoms with Gasteiger partial charge in [-0.2, -0.15) is 0 Å². The highest BCUT2D eigenvalue weighted by molar-refractivity contribution is 6.47. The van der Waals surface area contributed by atoms with Crippen LogP contribution in [0.25, 0.3) is 0 Å². The summed E-state index contributed by atoms with van der Waals surface area (Å²) in [7, 11) is 0. The Morgan fingerprint density at radius 2 is 1.54 bits per heavy atom. The molecule has 4 nitrogen and oxygen atoms in total. The highest BCUT2D eigenvalue weighted by atomic mass is 35.5. The van der Waals surface area contributed by atoms with Gasteiger partial charge in [0.15, 0.2) is 0 Å². The van der Waals surface area contributed by atoms with Gasteiger partial charge in [0.05, 0.1) is 15.7 Å². The van der Waals surface area contributed by atoms with Gasteiger partial charge in [0, 0.05) is 5.69 Å². The average molecular weight is 365 g/mol. The quantitative estimate of drug-likeness (QED) is 0.742. The first-order valence-corrected chi connectivity index (χ1v) is 8.34. The number of para-hydroxylation sites is 1. The number of benzene rings is 2. The van der Waals surface area contributed by atoms with E-state index in [2.05, 4.69) is 24.5 Å². The van der Waals surface area contributed by atoms with Crippen molar-refractivity contribution < 1.29 is 9.59 Å². The van der Waals surface area contributed by atoms with Gasteiger partial charge >= 0.3 is 11.8 Å². The molecule has 0 bridgehead atoms. The minimum Gasteiger partial charge on any atom is -0.318 e. The zero-order valence-electron chi connectivity index (χ0n) is 13.4. The second-order valence-electron chi connectivity index (χ2n) is 5.41. The lowest BCUT2D eigenvalue weighted by atomic mass is 9.97. The number of nitrogens with one attached hydrogen (secondary N) is 2. The van der Waals surface area contributed by atoms with Crippen LogP contribution in [0.4, 0.5) is 11.4 Å². The van der Waals surface area contributed by atoms with E-state index >= 15 is 0 Å². The number of carbonyl (C=O) groups is 2. The number of anilines is 2. The third-order valence-corrected chi connectivity index (χ3v) is 4.58. The molecule has 0 radical (unpaired) electrons. The molecule has 0 saturated heterocycles. The third-order valence-electron chi connectivity index (χ3n) is 3.76. The maximum atomic E-state index is 12.2. The molecule has 2 N–H and O–H groups in total. The summed E-state index contributed by atoms with van der Waals surface area (Å²) in [6.07, 6.45) is 0.928. The minimum absolute atomic E-state index is 0.195. The van der Waals surface area contributed by atoms with Gasteiger partial charge in [0.25, 0.3) is 0 Å². The molecular formula is C18H18Cl2N2O2. The molecule has 0 spiro atoms. The molecular weight excluding hydrogens is 347 g/mol. The van der Waals surface area contributed by atoms with Gasteiger partial charge in [-0.1, -0.05) is 61.3 Å². The van der Waals surface area contributed by atoms with Crippen molar-refractivity contribution >= 4 is 46.4 Å². The second-order valence-corrected chi connectivity index (χ2v) is 6.19. The number of hydrogen-bond donors (Lipinski definition) is 2. The van der Waals surface area contributed by atoms with Crippen molar-refractivity contribution in [3.8, 4) is 0 Å². The fraction of sp³-hybridized carbons (Fsp3) is 0.222. The van der Waals surface area contributed by atoms with Crippen LogP contribution in [0.3, 0.4) is 0 Å². The predicted octanol–water partition coefficient (Wildman–Crippen LogP) is 5.08. The zero-order chi connectivity index (χ0) is 17.7. The van der Waals surface area contributed by atoms with Crippen LogP contribution < -0.4 is 10.6 Å². The molecule has 24 heavy (non-hydrogen) atoms. The standard InChI is InChI=1S/C18H18Cl2N2O2/c1-3-11(2)12-7-4-5-9-14(12)21-17(23)18(24)22-15-10-6-8-13(19)16(15)20/h4-11H,3H2,1-2H3,(H,21,23)(H,22,24). The average Bonchev–Trinajstić information content (AvgIpc) is 2.58. The van der Waals surface area contributed by atoms with Gasteiger partial charge in [0.2, 0.25) is 0 Å². The minimum atomic E-state index is -0.807. The highest BCUT2D eigenvalue weighted by Crippen LogP contribution is 2.30. The lowest BCUT2D eigenvalue weighted by Gasteiger charge is -2.15. The van der Waals surface area contributed by atoms with E-state index in [9.17, 15) is 9.59 Å². The van der Waals surface area contributed by atoms with Gasteiger partial charge in [-0.3, -0.25) is 9.59 Å². The number of carbonyl (C=O) groups excluding carboxylic acids is 2. The molecule has 6 heteroatoms. The summed E-state index contributed by atoms with van der Waals surface area (Å²) >= 11 is 11.9. The Kier molecular flexibility index (Phi) is 6.23. The summed E-state index contributed by atoms with van der Waals surface area (Å²) in [6.45, 7) is 4.13. The number of rotatable bonds is 4. The molecule has 0 saturated carbocycles. The Labute approximate surface area is 151 Å². The number of hydrogen-bond acceptors (Lipinski definition) is 2. The molecule has 2 rings (SSSR count). The zero-order valence-corrected chi connectivity index (χ0v) is 14.9. The summed E-state index contributed by atoms with van der Waals surface area (Å²) in [4.78, 5) is 24.3. The van der Waals surface area contributed by atoms with Crippen LogP contribution in [0.5, 0.6) is 0 Å². The van der Waals surface area contributed by atoms with Gasteiger partial charge in [-0.15, -0.1) is 0 Å². The van der Waals surface area contributed by atoms with E-state index in [0.29, 0.717) is 16.4 Å². The Morgan fingerprint density at radius 1 is 0.958 bits per heavy atom. The largest absolute Gasteiger partial charge is 0.318 e. The molecule has 2 aromatic rings. The van der Waals surface area contributed by atoms with Gasteiger partial charge in [-0.05, 0) is 36.1 Å². The van der Waals surface area contributed by atoms with Gasteiger partial charge < -0.3 is 10.6 Å². The molecule has 0 aliphatic rings. The molecule has 1 unspecified atom stereocenters. The summed E-state index contributed by atoms with van der Waals surface area (Å²) in [6, 6.07) is 12.2. The van der Waals surface area contributed by atoms with E-state index in [1.807, 2.05) is 18.2 Å². The Balaban J connectivity index is 2.13. The van der Waals surface area contributed by atoms with Crippen molar-refractivity contribution in [2.45, 2.75) is 26.2 Å². The summed E-state index contributed by atoms with van der Waals surface area (Å²) in [5.74, 6) is -1.30. The van der Waals surface area contributed by atoms with Crippen LogP contribution in [-0.4, -0.2) is 11.8 Å². The molecule has 0 aromatic heterocycles. The van der Waals surface area contributed by atoms with E-state index in [4.69, 9.17) is 23.2 Å². The lowest BCUT2D eigenvalue weighted by Crippen LogP contribution is -2.29. The smallest absolute Gasteiger partial charge is 0.314 e.